The summed E-state index contributed by atoms with van der Waals surface area (Å²) >= 11 is 0. The molecule has 2 aromatic heterocycles. The molecular formula is C18H26N6. The quantitative estimate of drug-likeness (QED) is 0.864. The van der Waals surface area contributed by atoms with Crippen molar-refractivity contribution in [1.29, 1.82) is 0 Å². The van der Waals surface area contributed by atoms with E-state index in [2.05, 4.69) is 35.5 Å². The van der Waals surface area contributed by atoms with Gasteiger partial charge in [-0.25, -0.2) is 9.97 Å². The normalized spacial score (nSPS) is 20.4. The fourth-order valence-corrected chi connectivity index (χ4v) is 3.96. The third-order valence-corrected chi connectivity index (χ3v) is 5.35. The van der Waals surface area contributed by atoms with Crippen molar-refractivity contribution in [2.24, 2.45) is 0 Å². The Bertz CT molecular complexity index is 626. The molecule has 2 aromatic rings. The maximum absolute atomic E-state index is 4.43. The van der Waals surface area contributed by atoms with Crippen LogP contribution in [0.15, 0.2) is 31.1 Å². The molecule has 6 heteroatoms. The van der Waals surface area contributed by atoms with Crippen LogP contribution in [0.1, 0.15) is 43.8 Å². The van der Waals surface area contributed by atoms with E-state index in [-0.39, 0.29) is 0 Å². The molecule has 1 aliphatic heterocycles. The molecule has 1 saturated carbocycles. The highest BCUT2D eigenvalue weighted by molar-refractivity contribution is 5.35. The molecule has 3 heterocycles. The summed E-state index contributed by atoms with van der Waals surface area (Å²) in [5, 5.41) is 0. The molecular weight excluding hydrogens is 300 g/mol. The Morgan fingerprint density at radius 2 is 1.75 bits per heavy atom. The van der Waals surface area contributed by atoms with Gasteiger partial charge < -0.3 is 9.47 Å². The lowest BCUT2D eigenvalue weighted by Gasteiger charge is -2.35. The molecule has 4 rings (SSSR count). The molecule has 0 atom stereocenters. The van der Waals surface area contributed by atoms with Crippen molar-refractivity contribution in [2.45, 2.75) is 44.7 Å². The molecule has 1 aliphatic carbocycles. The van der Waals surface area contributed by atoms with E-state index in [9.17, 15) is 0 Å². The van der Waals surface area contributed by atoms with Crippen molar-refractivity contribution in [3.05, 3.63) is 36.8 Å². The summed E-state index contributed by atoms with van der Waals surface area (Å²) in [7, 11) is 0. The Balaban J connectivity index is 1.35. The fourth-order valence-electron chi connectivity index (χ4n) is 3.96. The Labute approximate surface area is 143 Å². The van der Waals surface area contributed by atoms with E-state index in [4.69, 9.17) is 0 Å². The number of rotatable bonds is 4. The average molecular weight is 326 g/mol. The minimum atomic E-state index is 0.664. The van der Waals surface area contributed by atoms with E-state index < -0.39 is 0 Å². The third-order valence-electron chi connectivity index (χ3n) is 5.35. The smallest absolute Gasteiger partial charge is 0.147 e. The SMILES string of the molecule is c1cnc(N2CCN(Cc3cncn3C3CCCCC3)CC2)cn1. The Hall–Kier alpha value is -1.95. The van der Waals surface area contributed by atoms with Crippen molar-refractivity contribution in [1.82, 2.24) is 24.4 Å². The van der Waals surface area contributed by atoms with Crippen LogP contribution in [-0.2, 0) is 6.54 Å². The first kappa shape index (κ1) is 15.6. The van der Waals surface area contributed by atoms with Crippen molar-refractivity contribution in [3.8, 4) is 0 Å². The van der Waals surface area contributed by atoms with E-state index in [1.807, 2.05) is 12.5 Å². The first-order valence-corrected chi connectivity index (χ1v) is 9.14. The summed E-state index contributed by atoms with van der Waals surface area (Å²) in [5.74, 6) is 0.990. The molecule has 0 radical (unpaired) electrons. The van der Waals surface area contributed by atoms with Gasteiger partial charge in [-0.3, -0.25) is 9.88 Å². The lowest BCUT2D eigenvalue weighted by atomic mass is 9.95. The first-order chi connectivity index (χ1) is 11.9. The topological polar surface area (TPSA) is 50.1 Å². The zero-order chi connectivity index (χ0) is 16.2. The van der Waals surface area contributed by atoms with Crippen molar-refractivity contribution in [3.63, 3.8) is 0 Å². The number of anilines is 1. The lowest BCUT2D eigenvalue weighted by molar-refractivity contribution is 0.237. The number of aromatic nitrogens is 4. The van der Waals surface area contributed by atoms with E-state index in [1.54, 1.807) is 12.4 Å². The summed E-state index contributed by atoms with van der Waals surface area (Å²) < 4.78 is 2.44. The summed E-state index contributed by atoms with van der Waals surface area (Å²) in [6.07, 6.45) is 16.2. The van der Waals surface area contributed by atoms with Gasteiger partial charge >= 0.3 is 0 Å². The number of hydrogen-bond donors (Lipinski definition) is 0. The van der Waals surface area contributed by atoms with Gasteiger partial charge in [0.05, 0.1) is 18.2 Å². The second kappa shape index (κ2) is 7.30. The van der Waals surface area contributed by atoms with Gasteiger partial charge in [0, 0.05) is 57.4 Å². The van der Waals surface area contributed by atoms with Crippen molar-refractivity contribution < 1.29 is 0 Å². The van der Waals surface area contributed by atoms with Crippen LogP contribution in [0.3, 0.4) is 0 Å². The maximum Gasteiger partial charge on any atom is 0.147 e. The molecule has 6 nitrogen and oxygen atoms in total. The summed E-state index contributed by atoms with van der Waals surface area (Å²) in [5.41, 5.74) is 1.37. The molecule has 1 saturated heterocycles. The van der Waals surface area contributed by atoms with Crippen molar-refractivity contribution >= 4 is 5.82 Å². The first-order valence-electron chi connectivity index (χ1n) is 9.14. The number of nitrogens with zero attached hydrogens (tertiary/aromatic N) is 6. The standard InChI is InChI=1S/C18H26N6/c1-2-4-16(5-3-1)24-15-20-12-17(24)14-22-8-10-23(11-9-22)18-13-19-6-7-21-18/h6-7,12-13,15-16H,1-5,8-11,14H2. The van der Waals surface area contributed by atoms with Crippen LogP contribution in [0, 0.1) is 0 Å². The van der Waals surface area contributed by atoms with Gasteiger partial charge in [0.2, 0.25) is 0 Å². The molecule has 24 heavy (non-hydrogen) atoms. The Kier molecular flexibility index (Phi) is 4.74. The monoisotopic (exact) mass is 326 g/mol. The van der Waals surface area contributed by atoms with Gasteiger partial charge in [-0.2, -0.15) is 0 Å². The largest absolute Gasteiger partial charge is 0.353 e. The van der Waals surface area contributed by atoms with Crippen LogP contribution in [-0.4, -0.2) is 50.6 Å². The minimum Gasteiger partial charge on any atom is -0.353 e. The number of imidazole rings is 1. The van der Waals surface area contributed by atoms with Crippen molar-refractivity contribution in [2.75, 3.05) is 31.1 Å². The second-order valence-corrected chi connectivity index (χ2v) is 6.91. The highest BCUT2D eigenvalue weighted by Crippen LogP contribution is 2.29. The molecule has 0 unspecified atom stereocenters. The van der Waals surface area contributed by atoms with Crippen LogP contribution < -0.4 is 4.90 Å². The summed E-state index contributed by atoms with van der Waals surface area (Å²) in [4.78, 5) is 17.9. The molecule has 2 fully saturated rings. The highest BCUT2D eigenvalue weighted by Gasteiger charge is 2.21. The van der Waals surface area contributed by atoms with Gasteiger partial charge in [-0.15, -0.1) is 0 Å². The molecule has 0 amide bonds. The molecule has 0 bridgehead atoms. The van der Waals surface area contributed by atoms with Gasteiger partial charge in [0.25, 0.3) is 0 Å². The third kappa shape index (κ3) is 3.43. The predicted molar refractivity (Wildman–Crippen MR) is 93.9 cm³/mol. The average Bonchev–Trinajstić information content (AvgIpc) is 3.12. The van der Waals surface area contributed by atoms with Crippen LogP contribution in [0.4, 0.5) is 5.82 Å². The molecule has 128 valence electrons. The van der Waals surface area contributed by atoms with Crippen LogP contribution in [0.25, 0.3) is 0 Å². The zero-order valence-electron chi connectivity index (χ0n) is 14.2. The van der Waals surface area contributed by atoms with E-state index in [1.165, 1.54) is 37.8 Å². The van der Waals surface area contributed by atoms with Gasteiger partial charge in [-0.05, 0) is 12.8 Å². The van der Waals surface area contributed by atoms with Crippen LogP contribution in [0.5, 0.6) is 0 Å². The zero-order valence-corrected chi connectivity index (χ0v) is 14.2. The highest BCUT2D eigenvalue weighted by atomic mass is 15.3. The lowest BCUT2D eigenvalue weighted by Crippen LogP contribution is -2.46. The van der Waals surface area contributed by atoms with E-state index in [0.29, 0.717) is 6.04 Å². The van der Waals surface area contributed by atoms with Gasteiger partial charge in [0.15, 0.2) is 0 Å². The number of hydrogen-bond acceptors (Lipinski definition) is 5. The molecule has 0 spiro atoms. The Morgan fingerprint density at radius 3 is 2.50 bits per heavy atom. The van der Waals surface area contributed by atoms with E-state index >= 15 is 0 Å². The number of piperazine rings is 1. The van der Waals surface area contributed by atoms with Crippen LogP contribution in [0.2, 0.25) is 0 Å². The Morgan fingerprint density at radius 1 is 0.917 bits per heavy atom. The predicted octanol–water partition coefficient (Wildman–Crippen LogP) is 2.50. The van der Waals surface area contributed by atoms with Gasteiger partial charge in [-0.1, -0.05) is 19.3 Å². The van der Waals surface area contributed by atoms with E-state index in [0.717, 1.165) is 38.5 Å². The second-order valence-electron chi connectivity index (χ2n) is 6.91. The molecule has 0 aromatic carbocycles. The molecule has 2 aliphatic rings. The summed E-state index contributed by atoms with van der Waals surface area (Å²) in [6, 6.07) is 0.664. The maximum atomic E-state index is 4.43. The molecule has 0 N–H and O–H groups in total. The van der Waals surface area contributed by atoms with Crippen LogP contribution >= 0.6 is 0 Å². The summed E-state index contributed by atoms with van der Waals surface area (Å²) in [6.45, 7) is 5.15. The fraction of sp³-hybridized carbons (Fsp3) is 0.611. The minimum absolute atomic E-state index is 0.664. The van der Waals surface area contributed by atoms with Gasteiger partial charge in [0.1, 0.15) is 5.82 Å².